The van der Waals surface area contributed by atoms with Crippen molar-refractivity contribution < 1.29 is 9.47 Å². The van der Waals surface area contributed by atoms with Gasteiger partial charge in [-0.25, -0.2) is 0 Å². The fourth-order valence-electron chi connectivity index (χ4n) is 5.31. The third kappa shape index (κ3) is 3.65. The number of piperidine rings is 1. The van der Waals surface area contributed by atoms with Crippen LogP contribution in [0.2, 0.25) is 0 Å². The maximum Gasteiger partial charge on any atom is 0.292 e. The lowest BCUT2D eigenvalue weighted by Crippen LogP contribution is -2.51. The average Bonchev–Trinajstić information content (AvgIpc) is 3.14. The maximum atomic E-state index is 12.3. The smallest absolute Gasteiger partial charge is 0.292 e. The number of benzene rings is 1. The summed E-state index contributed by atoms with van der Waals surface area (Å²) in [7, 11) is 3.32. The molecule has 4 heterocycles. The number of fused-ring (bicyclic) bond motifs is 1. The van der Waals surface area contributed by atoms with E-state index in [0.29, 0.717) is 23.6 Å². The molecule has 2 saturated heterocycles. The van der Waals surface area contributed by atoms with E-state index in [1.165, 1.54) is 29.4 Å². The topological polar surface area (TPSA) is 59.5 Å². The number of aromatic nitrogens is 2. The molecular weight excluding hydrogens is 402 g/mol. The third-order valence-corrected chi connectivity index (χ3v) is 7.24. The quantitative estimate of drug-likeness (QED) is 0.651. The Morgan fingerprint density at radius 3 is 2.53 bits per heavy atom. The van der Waals surface area contributed by atoms with Gasteiger partial charge in [0.05, 0.1) is 32.1 Å². The fraction of sp³-hybridized carbons (Fsp3) is 0.500. The van der Waals surface area contributed by atoms with Crippen LogP contribution in [-0.2, 0) is 11.8 Å². The highest BCUT2D eigenvalue weighted by atomic mass is 16.5. The van der Waals surface area contributed by atoms with Gasteiger partial charge in [-0.15, -0.1) is 0 Å². The van der Waals surface area contributed by atoms with Gasteiger partial charge in [-0.05, 0) is 67.1 Å². The van der Waals surface area contributed by atoms with Crippen LogP contribution in [0, 0.1) is 0 Å². The van der Waals surface area contributed by atoms with Crippen molar-refractivity contribution in [1.29, 1.82) is 0 Å². The van der Waals surface area contributed by atoms with Crippen molar-refractivity contribution in [2.24, 2.45) is 7.05 Å². The van der Waals surface area contributed by atoms with Crippen molar-refractivity contribution in [3.05, 3.63) is 51.9 Å². The van der Waals surface area contributed by atoms with Crippen molar-refractivity contribution >= 4 is 10.9 Å². The number of nitrogens with zero attached hydrogens (tertiary/aromatic N) is 2. The molecule has 6 heteroatoms. The van der Waals surface area contributed by atoms with Crippen LogP contribution in [0.1, 0.15) is 49.7 Å². The highest BCUT2D eigenvalue weighted by Crippen LogP contribution is 2.38. The first-order valence-electron chi connectivity index (χ1n) is 11.7. The maximum absolute atomic E-state index is 12.3. The standard InChI is InChI=1S/C26H33N3O3/c1-16(2)24-21-11-18(17-7-9-29(10-8-17)20-14-32-15-20)5-6-22(21)27-25(24)19-12-23(31-4)26(30)28(3)13-19/h5-6,11-13,16-17,20,27H,7-10,14-15H2,1-4H3. The van der Waals surface area contributed by atoms with Crippen LogP contribution in [0.3, 0.4) is 0 Å². The van der Waals surface area contributed by atoms with E-state index in [0.717, 1.165) is 43.1 Å². The molecule has 0 spiro atoms. The first kappa shape index (κ1) is 21.3. The summed E-state index contributed by atoms with van der Waals surface area (Å²) >= 11 is 0. The van der Waals surface area contributed by atoms with E-state index in [1.807, 2.05) is 12.3 Å². The molecule has 0 unspecified atom stereocenters. The zero-order chi connectivity index (χ0) is 22.4. The van der Waals surface area contributed by atoms with Crippen molar-refractivity contribution in [3.8, 4) is 17.0 Å². The van der Waals surface area contributed by atoms with E-state index < -0.39 is 0 Å². The van der Waals surface area contributed by atoms with Gasteiger partial charge in [0.1, 0.15) is 0 Å². The van der Waals surface area contributed by atoms with Crippen LogP contribution in [0.4, 0.5) is 0 Å². The SMILES string of the molecule is COc1cc(-c2[nH]c3ccc(C4CCN(C5COC5)CC4)cc3c2C(C)C)cn(C)c1=O. The summed E-state index contributed by atoms with van der Waals surface area (Å²) in [5.74, 6) is 1.31. The van der Waals surface area contributed by atoms with E-state index >= 15 is 0 Å². The number of hydrogen-bond acceptors (Lipinski definition) is 4. The molecule has 6 nitrogen and oxygen atoms in total. The second-order valence-corrected chi connectivity index (χ2v) is 9.59. The van der Waals surface area contributed by atoms with Crippen molar-refractivity contribution in [2.75, 3.05) is 33.4 Å². The predicted molar refractivity (Wildman–Crippen MR) is 128 cm³/mol. The Morgan fingerprint density at radius 1 is 1.16 bits per heavy atom. The number of methoxy groups -OCH3 is 1. The zero-order valence-electron chi connectivity index (χ0n) is 19.5. The largest absolute Gasteiger partial charge is 0.491 e. The lowest BCUT2D eigenvalue weighted by Gasteiger charge is -2.41. The number of rotatable bonds is 5. The minimum absolute atomic E-state index is 0.124. The van der Waals surface area contributed by atoms with Gasteiger partial charge in [0.15, 0.2) is 5.75 Å². The Morgan fingerprint density at radius 2 is 1.91 bits per heavy atom. The number of nitrogens with one attached hydrogen (secondary N) is 1. The monoisotopic (exact) mass is 435 g/mol. The molecule has 5 rings (SSSR count). The average molecular weight is 436 g/mol. The molecule has 0 aliphatic carbocycles. The molecule has 2 fully saturated rings. The van der Waals surface area contributed by atoms with E-state index in [9.17, 15) is 4.79 Å². The zero-order valence-corrected chi connectivity index (χ0v) is 19.5. The number of ether oxygens (including phenoxy) is 2. The normalized spacial score (nSPS) is 18.4. The van der Waals surface area contributed by atoms with Gasteiger partial charge < -0.3 is 19.0 Å². The van der Waals surface area contributed by atoms with Crippen LogP contribution in [0.25, 0.3) is 22.2 Å². The van der Waals surface area contributed by atoms with Gasteiger partial charge >= 0.3 is 0 Å². The van der Waals surface area contributed by atoms with Gasteiger partial charge in [0, 0.05) is 29.7 Å². The summed E-state index contributed by atoms with van der Waals surface area (Å²) in [5.41, 5.74) is 5.80. The number of likely N-dealkylation sites (tertiary alicyclic amines) is 1. The van der Waals surface area contributed by atoms with Crippen molar-refractivity contribution in [1.82, 2.24) is 14.5 Å². The molecular formula is C26H33N3O3. The molecule has 3 aromatic rings. The van der Waals surface area contributed by atoms with Crippen molar-refractivity contribution in [2.45, 2.75) is 44.6 Å². The number of aryl methyl sites for hydroxylation is 1. The Hall–Kier alpha value is -2.57. The first-order valence-corrected chi connectivity index (χ1v) is 11.7. The lowest BCUT2D eigenvalue weighted by atomic mass is 9.87. The number of H-pyrrole nitrogens is 1. The Balaban J connectivity index is 1.51. The summed E-state index contributed by atoms with van der Waals surface area (Å²) in [6, 6.07) is 9.40. The predicted octanol–water partition coefficient (Wildman–Crippen LogP) is 4.24. The summed E-state index contributed by atoms with van der Waals surface area (Å²) in [6.45, 7) is 8.58. The molecule has 0 bridgehead atoms. The lowest BCUT2D eigenvalue weighted by molar-refractivity contribution is -0.0712. The van der Waals surface area contributed by atoms with E-state index in [-0.39, 0.29) is 5.56 Å². The van der Waals surface area contributed by atoms with Crippen LogP contribution in [-0.4, -0.2) is 53.9 Å². The summed E-state index contributed by atoms with van der Waals surface area (Å²) in [4.78, 5) is 18.5. The van der Waals surface area contributed by atoms with E-state index in [4.69, 9.17) is 9.47 Å². The molecule has 2 aliphatic heterocycles. The second-order valence-electron chi connectivity index (χ2n) is 9.59. The Kier molecular flexibility index (Phi) is 5.59. The van der Waals surface area contributed by atoms with Gasteiger partial charge in [-0.2, -0.15) is 0 Å². The number of pyridine rings is 1. The first-order chi connectivity index (χ1) is 15.5. The second kappa shape index (κ2) is 8.41. The van der Waals surface area contributed by atoms with Crippen LogP contribution in [0.15, 0.2) is 35.3 Å². The molecule has 0 saturated carbocycles. The van der Waals surface area contributed by atoms with E-state index in [2.05, 4.69) is 41.9 Å². The Labute approximate surface area is 189 Å². The summed E-state index contributed by atoms with van der Waals surface area (Å²) < 4.78 is 12.3. The number of hydrogen-bond donors (Lipinski definition) is 1. The third-order valence-electron chi connectivity index (χ3n) is 7.24. The minimum atomic E-state index is -0.124. The highest BCUT2D eigenvalue weighted by Gasteiger charge is 2.30. The van der Waals surface area contributed by atoms with Gasteiger partial charge in [0.25, 0.3) is 5.56 Å². The molecule has 32 heavy (non-hydrogen) atoms. The van der Waals surface area contributed by atoms with Gasteiger partial charge in [-0.3, -0.25) is 9.69 Å². The summed E-state index contributed by atoms with van der Waals surface area (Å²) in [5, 5.41) is 1.29. The van der Waals surface area contributed by atoms with E-state index in [1.54, 1.807) is 18.7 Å². The van der Waals surface area contributed by atoms with Gasteiger partial charge in [-0.1, -0.05) is 19.9 Å². The molecule has 0 amide bonds. The van der Waals surface area contributed by atoms with Crippen molar-refractivity contribution in [3.63, 3.8) is 0 Å². The molecule has 0 atom stereocenters. The van der Waals surface area contributed by atoms with Gasteiger partial charge in [0.2, 0.25) is 0 Å². The number of aromatic amines is 1. The molecule has 2 aromatic heterocycles. The molecule has 0 radical (unpaired) electrons. The molecule has 1 aromatic carbocycles. The minimum Gasteiger partial charge on any atom is -0.491 e. The Bertz CT molecular complexity index is 1180. The van der Waals surface area contributed by atoms with Crippen LogP contribution in [0.5, 0.6) is 5.75 Å². The molecule has 170 valence electrons. The summed E-state index contributed by atoms with van der Waals surface area (Å²) in [6.07, 6.45) is 4.30. The van der Waals surface area contributed by atoms with Crippen LogP contribution >= 0.6 is 0 Å². The fourth-order valence-corrected chi connectivity index (χ4v) is 5.31. The molecule has 1 N–H and O–H groups in total. The highest BCUT2D eigenvalue weighted by molar-refractivity contribution is 5.92. The van der Waals surface area contributed by atoms with Crippen LogP contribution < -0.4 is 10.3 Å². The molecule has 2 aliphatic rings.